The van der Waals surface area contributed by atoms with Crippen molar-refractivity contribution in [2.75, 3.05) is 14.2 Å². The van der Waals surface area contributed by atoms with Gasteiger partial charge in [-0.25, -0.2) is 13.6 Å². The molecule has 190 valence electrons. The number of quaternary nitrogens is 1. The summed E-state index contributed by atoms with van der Waals surface area (Å²) in [6, 6.07) is 8.96. The Hall–Kier alpha value is -4.64. The van der Waals surface area contributed by atoms with Crippen LogP contribution < -0.4 is 20.5 Å². The lowest BCUT2D eigenvalue weighted by Crippen LogP contribution is -2.43. The quantitative estimate of drug-likeness (QED) is 0.332. The number of nitrogens with one attached hydrogen (secondary N) is 1. The third-order valence-corrected chi connectivity index (χ3v) is 5.76. The van der Waals surface area contributed by atoms with E-state index in [1.165, 1.54) is 26.6 Å². The van der Waals surface area contributed by atoms with E-state index in [1.807, 2.05) is 0 Å². The fourth-order valence-corrected chi connectivity index (χ4v) is 4.09. The van der Waals surface area contributed by atoms with Gasteiger partial charge in [0.1, 0.15) is 40.4 Å². The Labute approximate surface area is 209 Å². The SMILES string of the molecule is COc1cccc(OC)c1-c1ccc(CC(NC(=O)c2c(F)cc([NH3+])cc2F)C(=O)O)c2nccnc12. The van der Waals surface area contributed by atoms with Crippen LogP contribution in [-0.2, 0) is 11.2 Å². The topological polar surface area (TPSA) is 138 Å². The molecule has 4 aromatic rings. The van der Waals surface area contributed by atoms with E-state index < -0.39 is 35.1 Å². The highest BCUT2D eigenvalue weighted by molar-refractivity contribution is 5.99. The molecule has 0 spiro atoms. The van der Waals surface area contributed by atoms with E-state index in [9.17, 15) is 23.5 Å². The number of halogens is 2. The number of nitrogens with zero attached hydrogens (tertiary/aromatic N) is 2. The first-order valence-corrected chi connectivity index (χ1v) is 11.0. The van der Waals surface area contributed by atoms with E-state index in [1.54, 1.807) is 30.3 Å². The monoisotopic (exact) mass is 509 g/mol. The first-order chi connectivity index (χ1) is 17.7. The van der Waals surface area contributed by atoms with Gasteiger partial charge in [0.2, 0.25) is 0 Å². The van der Waals surface area contributed by atoms with Crippen LogP contribution in [0, 0.1) is 11.6 Å². The first kappa shape index (κ1) is 25.5. The van der Waals surface area contributed by atoms with Gasteiger partial charge in [0.25, 0.3) is 5.91 Å². The van der Waals surface area contributed by atoms with E-state index >= 15 is 0 Å². The number of aromatic nitrogens is 2. The van der Waals surface area contributed by atoms with Crippen molar-refractivity contribution in [3.05, 3.63) is 77.6 Å². The summed E-state index contributed by atoms with van der Waals surface area (Å²) in [4.78, 5) is 33.5. The lowest BCUT2D eigenvalue weighted by atomic mass is 9.96. The normalized spacial score (nSPS) is 11.7. The Morgan fingerprint density at radius 1 is 1.00 bits per heavy atom. The molecule has 0 aliphatic carbocycles. The van der Waals surface area contributed by atoms with Gasteiger partial charge in [0.15, 0.2) is 0 Å². The zero-order chi connectivity index (χ0) is 26.7. The molecule has 1 unspecified atom stereocenters. The van der Waals surface area contributed by atoms with Crippen LogP contribution in [0.15, 0.2) is 54.9 Å². The average molecular weight is 509 g/mol. The fraction of sp³-hybridized carbons (Fsp3) is 0.154. The molecule has 3 aromatic carbocycles. The van der Waals surface area contributed by atoms with Crippen LogP contribution in [-0.4, -0.2) is 47.2 Å². The number of methoxy groups -OCH3 is 2. The molecule has 9 nitrogen and oxygen atoms in total. The van der Waals surface area contributed by atoms with E-state index in [4.69, 9.17) is 9.47 Å². The highest BCUT2D eigenvalue weighted by Crippen LogP contribution is 2.41. The lowest BCUT2D eigenvalue weighted by Gasteiger charge is -2.18. The highest BCUT2D eigenvalue weighted by Gasteiger charge is 2.27. The number of carboxylic acid groups (broad SMARTS) is 1. The second kappa shape index (κ2) is 10.5. The molecule has 0 saturated carbocycles. The number of benzene rings is 3. The maximum absolute atomic E-state index is 14.3. The molecule has 37 heavy (non-hydrogen) atoms. The van der Waals surface area contributed by atoms with Crippen molar-refractivity contribution >= 4 is 28.6 Å². The lowest BCUT2D eigenvalue weighted by molar-refractivity contribution is -0.255. The molecule has 5 N–H and O–H groups in total. The predicted molar refractivity (Wildman–Crippen MR) is 130 cm³/mol. The zero-order valence-corrected chi connectivity index (χ0v) is 19.9. The van der Waals surface area contributed by atoms with E-state index in [0.29, 0.717) is 39.2 Å². The molecule has 1 heterocycles. The van der Waals surface area contributed by atoms with Crippen molar-refractivity contribution in [3.8, 4) is 22.6 Å². The molecule has 1 aromatic heterocycles. The van der Waals surface area contributed by atoms with Crippen molar-refractivity contribution in [2.45, 2.75) is 12.5 Å². The number of amides is 1. The minimum atomic E-state index is -1.51. The van der Waals surface area contributed by atoms with Crippen LogP contribution >= 0.6 is 0 Å². The molecule has 1 amide bonds. The first-order valence-electron chi connectivity index (χ1n) is 11.0. The van der Waals surface area contributed by atoms with Gasteiger partial charge in [-0.3, -0.25) is 14.8 Å². The van der Waals surface area contributed by atoms with E-state index in [-0.39, 0.29) is 12.1 Å². The number of aliphatic carboxylic acids is 1. The maximum Gasteiger partial charge on any atom is 0.326 e. The number of carboxylic acids is 1. The Morgan fingerprint density at radius 2 is 1.59 bits per heavy atom. The van der Waals surface area contributed by atoms with Crippen LogP contribution in [0.4, 0.5) is 14.5 Å². The Balaban J connectivity index is 1.74. The molecule has 0 radical (unpaired) electrons. The van der Waals surface area contributed by atoms with Crippen LogP contribution in [0.2, 0.25) is 0 Å². The van der Waals surface area contributed by atoms with Crippen LogP contribution in [0.1, 0.15) is 15.9 Å². The third-order valence-electron chi connectivity index (χ3n) is 5.76. The predicted octanol–water partition coefficient (Wildman–Crippen LogP) is 2.89. The Kier molecular flexibility index (Phi) is 7.25. The third kappa shape index (κ3) is 5.02. The number of carbonyl (C=O) groups is 2. The molecule has 0 fully saturated rings. The molecule has 11 heteroatoms. The molecule has 0 bridgehead atoms. The van der Waals surface area contributed by atoms with E-state index in [0.717, 1.165) is 12.1 Å². The van der Waals surface area contributed by atoms with Gasteiger partial charge in [-0.05, 0) is 17.7 Å². The number of ether oxygens (including phenoxy) is 2. The minimum absolute atomic E-state index is 0.0399. The number of hydrogen-bond donors (Lipinski definition) is 3. The van der Waals surface area contributed by atoms with Crippen LogP contribution in [0.5, 0.6) is 11.5 Å². The van der Waals surface area contributed by atoms with Crippen LogP contribution in [0.3, 0.4) is 0 Å². The standard InChI is InChI=1S/C26H22F2N4O5/c1-36-19-4-3-5-20(37-2)21(19)15-7-6-13(23-24(15)31-9-8-30-23)10-18(26(34)35)32-25(33)22-16(27)11-14(29)12-17(22)28/h3-9,11-12,18H,10,29H2,1-2H3,(H,32,33)(H,34,35)/p+1. The maximum atomic E-state index is 14.3. The highest BCUT2D eigenvalue weighted by atomic mass is 19.1. The van der Waals surface area contributed by atoms with Gasteiger partial charge in [-0.2, -0.15) is 0 Å². The van der Waals surface area contributed by atoms with Gasteiger partial charge in [-0.1, -0.05) is 18.2 Å². The summed E-state index contributed by atoms with van der Waals surface area (Å²) in [7, 11) is 3.05. The van der Waals surface area contributed by atoms with Crippen LogP contribution in [0.25, 0.3) is 22.2 Å². The average Bonchev–Trinajstić information content (AvgIpc) is 2.87. The van der Waals surface area contributed by atoms with Gasteiger partial charge in [0.05, 0.1) is 30.8 Å². The fourth-order valence-electron chi connectivity index (χ4n) is 4.09. The van der Waals surface area contributed by atoms with Crippen molar-refractivity contribution in [1.29, 1.82) is 0 Å². The number of fused-ring (bicyclic) bond motifs is 1. The van der Waals surface area contributed by atoms with Crippen molar-refractivity contribution in [1.82, 2.24) is 15.3 Å². The molecule has 0 aliphatic heterocycles. The van der Waals surface area contributed by atoms with Crippen molar-refractivity contribution < 1.29 is 38.7 Å². The molecule has 4 rings (SSSR count). The summed E-state index contributed by atoms with van der Waals surface area (Å²) in [6.45, 7) is 0. The number of rotatable bonds is 8. The molecule has 0 aliphatic rings. The van der Waals surface area contributed by atoms with Crippen molar-refractivity contribution in [2.24, 2.45) is 0 Å². The Bertz CT molecular complexity index is 1470. The molecule has 1 atom stereocenters. The van der Waals surface area contributed by atoms with E-state index in [2.05, 4.69) is 21.0 Å². The summed E-state index contributed by atoms with van der Waals surface area (Å²) in [5.41, 5.74) is 5.13. The van der Waals surface area contributed by atoms with Gasteiger partial charge in [-0.15, -0.1) is 0 Å². The molecular weight excluding hydrogens is 486 g/mol. The largest absolute Gasteiger partial charge is 0.496 e. The Morgan fingerprint density at radius 3 is 2.16 bits per heavy atom. The summed E-state index contributed by atoms with van der Waals surface area (Å²) in [5.74, 6) is -3.81. The van der Waals surface area contributed by atoms with Gasteiger partial charge < -0.3 is 25.6 Å². The summed E-state index contributed by atoms with van der Waals surface area (Å²) >= 11 is 0. The molecular formula is C26H23F2N4O5+. The minimum Gasteiger partial charge on any atom is -0.496 e. The smallest absolute Gasteiger partial charge is 0.326 e. The van der Waals surface area contributed by atoms with Gasteiger partial charge >= 0.3 is 5.97 Å². The number of carbonyl (C=O) groups excluding carboxylic acids is 1. The van der Waals surface area contributed by atoms with Gasteiger partial charge in [0, 0.05) is 36.5 Å². The summed E-state index contributed by atoms with van der Waals surface area (Å²) in [5, 5.41) is 12.0. The number of hydrogen-bond acceptors (Lipinski definition) is 6. The second-order valence-electron chi connectivity index (χ2n) is 8.07. The summed E-state index contributed by atoms with van der Waals surface area (Å²) < 4.78 is 39.5. The summed E-state index contributed by atoms with van der Waals surface area (Å²) in [6.07, 6.45) is 2.72. The zero-order valence-electron chi connectivity index (χ0n) is 19.9. The molecule has 0 saturated heterocycles. The second-order valence-corrected chi connectivity index (χ2v) is 8.07. The van der Waals surface area contributed by atoms with Crippen molar-refractivity contribution in [3.63, 3.8) is 0 Å².